The number of ether oxygens (including phenoxy) is 1. The van der Waals surface area contributed by atoms with Gasteiger partial charge in [-0.1, -0.05) is 6.92 Å². The third kappa shape index (κ3) is 1.31. The smallest absolute Gasteiger partial charge is 0.151 e. The van der Waals surface area contributed by atoms with Crippen molar-refractivity contribution in [1.82, 2.24) is 9.78 Å². The summed E-state index contributed by atoms with van der Waals surface area (Å²) in [6.07, 6.45) is 0.977. The Morgan fingerprint density at radius 2 is 2.44 bits per heavy atom. The maximum Gasteiger partial charge on any atom is 0.151 e. The second kappa shape index (κ2) is 3.66. The van der Waals surface area contributed by atoms with Crippen molar-refractivity contribution >= 4 is 11.5 Å². The van der Waals surface area contributed by atoms with Crippen LogP contribution in [0.1, 0.15) is 12.6 Å². The third-order valence-corrected chi connectivity index (χ3v) is 3.44. The summed E-state index contributed by atoms with van der Waals surface area (Å²) >= 11 is 0. The molecule has 1 saturated heterocycles. The second-order valence-electron chi connectivity index (χ2n) is 4.43. The summed E-state index contributed by atoms with van der Waals surface area (Å²) in [5, 5.41) is 8.07. The fraction of sp³-hybridized carbons (Fsp3) is 0.727. The molecule has 16 heavy (non-hydrogen) atoms. The molecule has 1 aromatic heterocycles. The lowest BCUT2D eigenvalue weighted by atomic mass is 10.1. The molecule has 88 valence electrons. The van der Waals surface area contributed by atoms with Crippen LogP contribution in [0.4, 0.5) is 11.5 Å². The van der Waals surface area contributed by atoms with E-state index in [0.29, 0.717) is 6.04 Å². The van der Waals surface area contributed by atoms with E-state index in [2.05, 4.69) is 22.2 Å². The van der Waals surface area contributed by atoms with Crippen molar-refractivity contribution in [2.75, 3.05) is 36.5 Å². The van der Waals surface area contributed by atoms with Gasteiger partial charge in [0.2, 0.25) is 0 Å². The van der Waals surface area contributed by atoms with Gasteiger partial charge in [-0.2, -0.15) is 5.10 Å². The Labute approximate surface area is 95.4 Å². The molecular weight excluding hydrogens is 204 g/mol. The van der Waals surface area contributed by atoms with Crippen LogP contribution in [0.25, 0.3) is 0 Å². The molecule has 5 nitrogen and oxygen atoms in total. The zero-order valence-corrected chi connectivity index (χ0v) is 9.86. The van der Waals surface area contributed by atoms with Crippen molar-refractivity contribution in [3.8, 4) is 0 Å². The van der Waals surface area contributed by atoms with Crippen LogP contribution in [0.5, 0.6) is 0 Å². The molecule has 3 heterocycles. The summed E-state index contributed by atoms with van der Waals surface area (Å²) in [7, 11) is 2.03. The highest BCUT2D eigenvalue weighted by Gasteiger charge is 2.33. The van der Waals surface area contributed by atoms with E-state index >= 15 is 0 Å². The first-order valence-electron chi connectivity index (χ1n) is 5.95. The topological polar surface area (TPSA) is 42.3 Å². The second-order valence-corrected chi connectivity index (χ2v) is 4.43. The van der Waals surface area contributed by atoms with Crippen LogP contribution in [0.15, 0.2) is 0 Å². The molecule has 2 aliphatic heterocycles. The Morgan fingerprint density at radius 3 is 3.25 bits per heavy atom. The summed E-state index contributed by atoms with van der Waals surface area (Å²) in [6, 6.07) is 0.460. The highest BCUT2D eigenvalue weighted by Crippen LogP contribution is 2.35. The fourth-order valence-corrected chi connectivity index (χ4v) is 2.65. The Kier molecular flexibility index (Phi) is 2.28. The molecule has 3 rings (SSSR count). The van der Waals surface area contributed by atoms with Gasteiger partial charge in [0.05, 0.1) is 24.9 Å². The van der Waals surface area contributed by atoms with Crippen molar-refractivity contribution in [2.24, 2.45) is 7.05 Å². The summed E-state index contributed by atoms with van der Waals surface area (Å²) in [4.78, 5) is 2.43. The summed E-state index contributed by atoms with van der Waals surface area (Å²) < 4.78 is 7.51. The number of nitrogens with one attached hydrogen (secondary N) is 1. The SMILES string of the molecule is CCc1nn(C)c2c1NCC1COCCN21. The first kappa shape index (κ1) is 9.96. The normalized spacial score (nSPS) is 23.6. The van der Waals surface area contributed by atoms with E-state index in [9.17, 15) is 0 Å². The first-order valence-corrected chi connectivity index (χ1v) is 5.95. The van der Waals surface area contributed by atoms with E-state index in [1.165, 1.54) is 17.2 Å². The molecule has 1 unspecified atom stereocenters. The van der Waals surface area contributed by atoms with Gasteiger partial charge in [-0.15, -0.1) is 0 Å². The number of rotatable bonds is 1. The van der Waals surface area contributed by atoms with Gasteiger partial charge in [-0.3, -0.25) is 4.68 Å². The molecule has 1 N–H and O–H groups in total. The number of aromatic nitrogens is 2. The highest BCUT2D eigenvalue weighted by atomic mass is 16.5. The molecular formula is C11H18N4O. The molecule has 0 radical (unpaired) electrons. The zero-order valence-electron chi connectivity index (χ0n) is 9.86. The van der Waals surface area contributed by atoms with Crippen LogP contribution in [0.2, 0.25) is 0 Å². The Balaban J connectivity index is 2.04. The lowest BCUT2D eigenvalue weighted by molar-refractivity contribution is 0.0956. The van der Waals surface area contributed by atoms with E-state index in [0.717, 1.165) is 32.7 Å². The van der Waals surface area contributed by atoms with Gasteiger partial charge in [0.15, 0.2) is 5.82 Å². The monoisotopic (exact) mass is 222 g/mol. The van der Waals surface area contributed by atoms with E-state index < -0.39 is 0 Å². The van der Waals surface area contributed by atoms with Crippen LogP contribution >= 0.6 is 0 Å². The van der Waals surface area contributed by atoms with Gasteiger partial charge in [0.1, 0.15) is 5.69 Å². The maximum absolute atomic E-state index is 5.52. The molecule has 0 amide bonds. The first-order chi connectivity index (χ1) is 7.81. The van der Waals surface area contributed by atoms with Crippen molar-refractivity contribution in [1.29, 1.82) is 0 Å². The molecule has 0 aliphatic carbocycles. The largest absolute Gasteiger partial charge is 0.378 e. The Bertz CT molecular complexity index is 401. The van der Waals surface area contributed by atoms with E-state index in [1.54, 1.807) is 0 Å². The number of hydrogen-bond donors (Lipinski definition) is 1. The van der Waals surface area contributed by atoms with E-state index in [1.807, 2.05) is 11.7 Å². The average Bonchev–Trinajstić information content (AvgIpc) is 2.66. The molecule has 1 atom stereocenters. The lowest BCUT2D eigenvalue weighted by Gasteiger charge is -2.41. The lowest BCUT2D eigenvalue weighted by Crippen LogP contribution is -2.52. The molecule has 0 spiro atoms. The van der Waals surface area contributed by atoms with Crippen LogP contribution in [-0.2, 0) is 18.2 Å². The minimum Gasteiger partial charge on any atom is -0.378 e. The predicted molar refractivity (Wildman–Crippen MR) is 63.0 cm³/mol. The predicted octanol–water partition coefficient (Wildman–Crippen LogP) is 0.613. The number of fused-ring (bicyclic) bond motifs is 3. The maximum atomic E-state index is 5.52. The van der Waals surface area contributed by atoms with Gasteiger partial charge in [0.25, 0.3) is 0 Å². The van der Waals surface area contributed by atoms with E-state index in [-0.39, 0.29) is 0 Å². The number of aryl methyl sites for hydroxylation is 2. The molecule has 0 saturated carbocycles. The summed E-state index contributed by atoms with van der Waals surface area (Å²) in [5.74, 6) is 1.23. The third-order valence-electron chi connectivity index (χ3n) is 3.44. The summed E-state index contributed by atoms with van der Waals surface area (Å²) in [5.41, 5.74) is 2.39. The van der Waals surface area contributed by atoms with Crippen molar-refractivity contribution in [3.63, 3.8) is 0 Å². The number of nitrogens with zero attached hydrogens (tertiary/aromatic N) is 3. The fourth-order valence-electron chi connectivity index (χ4n) is 2.65. The Morgan fingerprint density at radius 1 is 1.56 bits per heavy atom. The van der Waals surface area contributed by atoms with Crippen LogP contribution < -0.4 is 10.2 Å². The molecule has 1 fully saturated rings. The van der Waals surface area contributed by atoms with Gasteiger partial charge >= 0.3 is 0 Å². The van der Waals surface area contributed by atoms with Gasteiger partial charge in [-0.05, 0) is 6.42 Å². The quantitative estimate of drug-likeness (QED) is 0.756. The average molecular weight is 222 g/mol. The number of morpholine rings is 1. The van der Waals surface area contributed by atoms with Gasteiger partial charge in [0, 0.05) is 20.1 Å². The standard InChI is InChI=1S/C11H18N4O/c1-3-9-10-11(14(2)13-9)15-4-5-16-7-8(15)6-12-10/h8,12H,3-7H2,1-2H3. The zero-order chi connectivity index (χ0) is 11.1. The van der Waals surface area contributed by atoms with Crippen molar-refractivity contribution in [2.45, 2.75) is 19.4 Å². The van der Waals surface area contributed by atoms with Gasteiger partial charge in [-0.25, -0.2) is 0 Å². The molecule has 2 aliphatic rings. The highest BCUT2D eigenvalue weighted by molar-refractivity contribution is 5.72. The van der Waals surface area contributed by atoms with Crippen LogP contribution in [-0.4, -0.2) is 42.1 Å². The molecule has 0 aromatic carbocycles. The van der Waals surface area contributed by atoms with Crippen molar-refractivity contribution < 1.29 is 4.74 Å². The van der Waals surface area contributed by atoms with Crippen LogP contribution in [0.3, 0.4) is 0 Å². The molecule has 1 aromatic rings. The Hall–Kier alpha value is -1.23. The van der Waals surface area contributed by atoms with E-state index in [4.69, 9.17) is 4.74 Å². The number of hydrogen-bond acceptors (Lipinski definition) is 4. The van der Waals surface area contributed by atoms with Gasteiger partial charge < -0.3 is 15.0 Å². The minimum absolute atomic E-state index is 0.460. The minimum atomic E-state index is 0.460. The molecule has 0 bridgehead atoms. The molecule has 5 heteroatoms. The number of anilines is 2. The summed E-state index contributed by atoms with van der Waals surface area (Å²) in [6.45, 7) is 5.73. The van der Waals surface area contributed by atoms with Crippen molar-refractivity contribution in [3.05, 3.63) is 5.69 Å². The van der Waals surface area contributed by atoms with Crippen LogP contribution in [0, 0.1) is 0 Å².